The summed E-state index contributed by atoms with van der Waals surface area (Å²) in [6.45, 7) is 5.19. The van der Waals surface area contributed by atoms with Crippen LogP contribution in [-0.2, 0) is 16.6 Å². The van der Waals surface area contributed by atoms with Crippen molar-refractivity contribution in [3.8, 4) is 0 Å². The number of H-pyrrole nitrogens is 1. The quantitative estimate of drug-likeness (QED) is 0.885. The topological polar surface area (TPSA) is 73.4 Å². The second-order valence-corrected chi connectivity index (χ2v) is 9.02. The summed E-state index contributed by atoms with van der Waals surface area (Å²) in [6, 6.07) is 1.50. The highest BCUT2D eigenvalue weighted by molar-refractivity contribution is 8.00. The normalized spacial score (nSPS) is 21.2. The smallest absolute Gasteiger partial charge is 0.244 e. The molecule has 0 spiro atoms. The number of hydrogen-bond acceptors (Lipinski definition) is 4. The first kappa shape index (κ1) is 14.9. The first-order valence-corrected chi connectivity index (χ1v) is 8.70. The summed E-state index contributed by atoms with van der Waals surface area (Å²) in [5.74, 6) is 0.809. The van der Waals surface area contributed by atoms with Crippen LogP contribution >= 0.6 is 11.8 Å². The van der Waals surface area contributed by atoms with E-state index in [1.165, 1.54) is 12.3 Å². The Bertz CT molecular complexity index is 537. The number of aliphatic hydroxyl groups excluding tert-OH is 1. The fourth-order valence-electron chi connectivity index (χ4n) is 2.05. The summed E-state index contributed by atoms with van der Waals surface area (Å²) in [5.41, 5.74) is 0.517. The Labute approximate surface area is 118 Å². The molecular weight excluding hydrogens is 284 g/mol. The molecule has 0 aliphatic carbocycles. The zero-order chi connectivity index (χ0) is 14.1. The molecule has 1 aliphatic rings. The molecule has 0 saturated carbocycles. The van der Waals surface area contributed by atoms with Gasteiger partial charge in [0.1, 0.15) is 0 Å². The molecule has 0 radical (unpaired) electrons. The Morgan fingerprint density at radius 1 is 1.47 bits per heavy atom. The third kappa shape index (κ3) is 3.34. The number of aliphatic hydroxyl groups is 1. The standard InChI is InChI=1S/C12H20N2O3S2/c1-12(2)3-4-14(5-6-18-12)19(16,17)11-7-10(9-15)13-8-11/h7-8,13,15H,3-6,9H2,1-2H3. The van der Waals surface area contributed by atoms with Crippen LogP contribution in [0.4, 0.5) is 0 Å². The number of rotatable bonds is 3. The van der Waals surface area contributed by atoms with Crippen LogP contribution in [0.3, 0.4) is 0 Å². The van der Waals surface area contributed by atoms with E-state index < -0.39 is 10.0 Å². The molecule has 0 unspecified atom stereocenters. The Balaban J connectivity index is 2.20. The number of nitrogens with one attached hydrogen (secondary N) is 1. The average molecular weight is 304 g/mol. The lowest BCUT2D eigenvalue weighted by atomic mass is 10.1. The third-order valence-corrected chi connectivity index (χ3v) is 6.57. The van der Waals surface area contributed by atoms with Crippen molar-refractivity contribution in [3.63, 3.8) is 0 Å². The van der Waals surface area contributed by atoms with E-state index in [0.29, 0.717) is 18.8 Å². The van der Waals surface area contributed by atoms with E-state index >= 15 is 0 Å². The maximum absolute atomic E-state index is 12.5. The van der Waals surface area contributed by atoms with Gasteiger partial charge in [-0.05, 0) is 12.5 Å². The molecule has 19 heavy (non-hydrogen) atoms. The predicted octanol–water partition coefficient (Wildman–Crippen LogP) is 1.41. The van der Waals surface area contributed by atoms with E-state index in [1.54, 1.807) is 4.31 Å². The first-order chi connectivity index (χ1) is 8.85. The molecule has 1 aromatic rings. The second-order valence-electron chi connectivity index (χ2n) is 5.28. The zero-order valence-electron chi connectivity index (χ0n) is 11.2. The number of aromatic amines is 1. The molecule has 2 rings (SSSR count). The molecule has 7 heteroatoms. The molecule has 1 aromatic heterocycles. The molecule has 2 N–H and O–H groups in total. The van der Waals surface area contributed by atoms with E-state index in [0.717, 1.165) is 12.2 Å². The van der Waals surface area contributed by atoms with Crippen molar-refractivity contribution in [2.24, 2.45) is 0 Å². The third-order valence-electron chi connectivity index (χ3n) is 3.32. The van der Waals surface area contributed by atoms with Gasteiger partial charge in [0.05, 0.1) is 11.5 Å². The number of sulfonamides is 1. The molecule has 5 nitrogen and oxygen atoms in total. The van der Waals surface area contributed by atoms with E-state index in [-0.39, 0.29) is 16.2 Å². The minimum atomic E-state index is -3.45. The molecule has 0 aromatic carbocycles. The molecule has 2 heterocycles. The summed E-state index contributed by atoms with van der Waals surface area (Å²) >= 11 is 1.81. The van der Waals surface area contributed by atoms with Crippen molar-refractivity contribution < 1.29 is 13.5 Å². The van der Waals surface area contributed by atoms with Crippen LogP contribution in [0.5, 0.6) is 0 Å². The number of nitrogens with zero attached hydrogens (tertiary/aromatic N) is 1. The molecule has 0 amide bonds. The van der Waals surface area contributed by atoms with Gasteiger partial charge in [-0.3, -0.25) is 0 Å². The lowest BCUT2D eigenvalue weighted by Gasteiger charge is -2.22. The maximum Gasteiger partial charge on any atom is 0.244 e. The summed E-state index contributed by atoms with van der Waals surface area (Å²) in [7, 11) is -3.45. The van der Waals surface area contributed by atoms with E-state index in [4.69, 9.17) is 5.11 Å². The van der Waals surface area contributed by atoms with Gasteiger partial charge in [-0.25, -0.2) is 8.42 Å². The van der Waals surface area contributed by atoms with E-state index in [9.17, 15) is 8.42 Å². The predicted molar refractivity (Wildman–Crippen MR) is 76.6 cm³/mol. The van der Waals surface area contributed by atoms with Gasteiger partial charge in [0.2, 0.25) is 10.0 Å². The summed E-state index contributed by atoms with van der Waals surface area (Å²) in [4.78, 5) is 3.01. The highest BCUT2D eigenvalue weighted by atomic mass is 32.2. The zero-order valence-corrected chi connectivity index (χ0v) is 12.9. The van der Waals surface area contributed by atoms with Gasteiger partial charge < -0.3 is 10.1 Å². The fraction of sp³-hybridized carbons (Fsp3) is 0.667. The van der Waals surface area contributed by atoms with Crippen LogP contribution in [-0.4, -0.2) is 46.4 Å². The monoisotopic (exact) mass is 304 g/mol. The molecule has 0 bridgehead atoms. The summed E-state index contributed by atoms with van der Waals surface area (Å²) < 4.78 is 26.7. The SMILES string of the molecule is CC1(C)CCN(S(=O)(=O)c2c[nH]c(CO)c2)CCS1. The van der Waals surface area contributed by atoms with Crippen LogP contribution in [0, 0.1) is 0 Å². The van der Waals surface area contributed by atoms with Crippen molar-refractivity contribution >= 4 is 21.8 Å². The van der Waals surface area contributed by atoms with Gasteiger partial charge in [-0.1, -0.05) is 13.8 Å². The number of aromatic nitrogens is 1. The van der Waals surface area contributed by atoms with Crippen LogP contribution in [0.1, 0.15) is 26.0 Å². The molecule has 1 saturated heterocycles. The minimum absolute atomic E-state index is 0.124. The average Bonchev–Trinajstić information content (AvgIpc) is 2.75. The molecular formula is C12H20N2O3S2. The number of hydrogen-bond donors (Lipinski definition) is 2. The summed E-state index contributed by atoms with van der Waals surface area (Å²) in [5, 5.41) is 9.00. The minimum Gasteiger partial charge on any atom is -0.390 e. The highest BCUT2D eigenvalue weighted by Crippen LogP contribution is 2.32. The Morgan fingerprint density at radius 2 is 2.21 bits per heavy atom. The van der Waals surface area contributed by atoms with Crippen molar-refractivity contribution in [2.45, 2.75) is 36.5 Å². The van der Waals surface area contributed by atoms with Gasteiger partial charge >= 0.3 is 0 Å². The van der Waals surface area contributed by atoms with Crippen LogP contribution in [0.2, 0.25) is 0 Å². The molecule has 108 valence electrons. The van der Waals surface area contributed by atoms with Crippen LogP contribution in [0.25, 0.3) is 0 Å². The lowest BCUT2D eigenvalue weighted by Crippen LogP contribution is -2.33. The summed E-state index contributed by atoms with van der Waals surface area (Å²) in [6.07, 6.45) is 2.29. The Morgan fingerprint density at radius 3 is 2.84 bits per heavy atom. The molecule has 1 fully saturated rings. The Kier molecular flexibility index (Phi) is 4.29. The van der Waals surface area contributed by atoms with Crippen LogP contribution < -0.4 is 0 Å². The lowest BCUT2D eigenvalue weighted by molar-refractivity contribution is 0.277. The van der Waals surface area contributed by atoms with Gasteiger partial charge in [-0.15, -0.1) is 0 Å². The van der Waals surface area contributed by atoms with Crippen molar-refractivity contribution in [1.82, 2.24) is 9.29 Å². The first-order valence-electron chi connectivity index (χ1n) is 6.27. The van der Waals surface area contributed by atoms with Crippen molar-refractivity contribution in [3.05, 3.63) is 18.0 Å². The maximum atomic E-state index is 12.5. The van der Waals surface area contributed by atoms with Crippen molar-refractivity contribution in [2.75, 3.05) is 18.8 Å². The van der Waals surface area contributed by atoms with E-state index in [1.807, 2.05) is 11.8 Å². The van der Waals surface area contributed by atoms with Gasteiger partial charge in [0.25, 0.3) is 0 Å². The van der Waals surface area contributed by atoms with Gasteiger partial charge in [0, 0.05) is 35.5 Å². The van der Waals surface area contributed by atoms with Gasteiger partial charge in [-0.2, -0.15) is 16.1 Å². The highest BCUT2D eigenvalue weighted by Gasteiger charge is 2.31. The molecule has 0 atom stereocenters. The fourth-order valence-corrected chi connectivity index (χ4v) is 4.73. The Hall–Kier alpha value is -0.500. The largest absolute Gasteiger partial charge is 0.390 e. The van der Waals surface area contributed by atoms with Crippen LogP contribution in [0.15, 0.2) is 17.2 Å². The van der Waals surface area contributed by atoms with E-state index in [2.05, 4.69) is 18.8 Å². The van der Waals surface area contributed by atoms with Crippen molar-refractivity contribution in [1.29, 1.82) is 0 Å². The number of thioether (sulfide) groups is 1. The van der Waals surface area contributed by atoms with Gasteiger partial charge in [0.15, 0.2) is 0 Å². The molecule has 1 aliphatic heterocycles. The second kappa shape index (κ2) is 5.47.